The maximum Gasteiger partial charge on any atom is 0.253 e. The third kappa shape index (κ3) is 3.34. The summed E-state index contributed by atoms with van der Waals surface area (Å²) in [7, 11) is 0. The zero-order valence-electron chi connectivity index (χ0n) is 15.6. The van der Waals surface area contributed by atoms with E-state index in [2.05, 4.69) is 32.0 Å². The predicted molar refractivity (Wildman–Crippen MR) is 99.7 cm³/mol. The van der Waals surface area contributed by atoms with Crippen LogP contribution in [0.15, 0.2) is 36.7 Å². The van der Waals surface area contributed by atoms with Gasteiger partial charge in [0.05, 0.1) is 5.69 Å². The van der Waals surface area contributed by atoms with Crippen molar-refractivity contribution in [3.8, 4) is 5.69 Å². The van der Waals surface area contributed by atoms with Crippen molar-refractivity contribution in [2.75, 3.05) is 13.1 Å². The van der Waals surface area contributed by atoms with E-state index >= 15 is 0 Å². The van der Waals surface area contributed by atoms with E-state index in [4.69, 9.17) is 0 Å². The Kier molecular flexibility index (Phi) is 4.70. The van der Waals surface area contributed by atoms with Gasteiger partial charge in [0.1, 0.15) is 5.82 Å². The molecule has 1 aliphatic heterocycles. The fourth-order valence-corrected chi connectivity index (χ4v) is 3.74. The molecule has 0 unspecified atom stereocenters. The van der Waals surface area contributed by atoms with Gasteiger partial charge in [0.15, 0.2) is 5.82 Å². The van der Waals surface area contributed by atoms with Crippen LogP contribution >= 0.6 is 0 Å². The summed E-state index contributed by atoms with van der Waals surface area (Å²) >= 11 is 0. The van der Waals surface area contributed by atoms with Gasteiger partial charge in [-0.2, -0.15) is 4.68 Å². The summed E-state index contributed by atoms with van der Waals surface area (Å²) in [6, 6.07) is 7.47. The van der Waals surface area contributed by atoms with Crippen LogP contribution in [0.25, 0.3) is 5.69 Å². The normalized spacial score (nSPS) is 17.3. The van der Waals surface area contributed by atoms with Crippen LogP contribution in [0.1, 0.15) is 47.7 Å². The number of aromatic nitrogens is 6. The number of hydrogen-bond acceptors (Lipinski definition) is 5. The van der Waals surface area contributed by atoms with Crippen molar-refractivity contribution >= 4 is 5.91 Å². The van der Waals surface area contributed by atoms with Crippen LogP contribution in [0.4, 0.5) is 0 Å². The number of hydrogen-bond donors (Lipinski definition) is 0. The standard InChI is InChI=1S/C19H23N7O/c1-3-24-11-9-20-18(24)16-7-5-10-25(13-16)19(27)15-6-4-8-17(12-15)26-14(2)21-22-23-26/h4,6,8-9,11-12,16H,3,5,7,10,13H2,1-2H3/t16-/m1/s1. The van der Waals surface area contributed by atoms with E-state index in [-0.39, 0.29) is 11.8 Å². The lowest BCUT2D eigenvalue weighted by atomic mass is 9.96. The second-order valence-corrected chi connectivity index (χ2v) is 6.85. The van der Waals surface area contributed by atoms with Gasteiger partial charge < -0.3 is 9.47 Å². The SMILES string of the molecule is CCn1ccnc1[C@@H]1CCCN(C(=O)c2cccc(-n3nnnc3C)c2)C1. The minimum Gasteiger partial charge on any atom is -0.338 e. The number of nitrogens with zero attached hydrogens (tertiary/aromatic N) is 7. The minimum absolute atomic E-state index is 0.0434. The van der Waals surface area contributed by atoms with E-state index in [0.29, 0.717) is 17.9 Å². The Morgan fingerprint density at radius 1 is 1.33 bits per heavy atom. The summed E-state index contributed by atoms with van der Waals surface area (Å²) in [5.74, 6) is 2.08. The van der Waals surface area contributed by atoms with Gasteiger partial charge >= 0.3 is 0 Å². The molecule has 140 valence electrons. The lowest BCUT2D eigenvalue weighted by Gasteiger charge is -2.32. The molecule has 8 heteroatoms. The molecule has 8 nitrogen and oxygen atoms in total. The molecule has 1 saturated heterocycles. The van der Waals surface area contributed by atoms with Crippen LogP contribution in [0.3, 0.4) is 0 Å². The molecule has 1 aromatic carbocycles. The van der Waals surface area contributed by atoms with Gasteiger partial charge in [-0.3, -0.25) is 4.79 Å². The number of carbonyl (C=O) groups excluding carboxylic acids is 1. The van der Waals surface area contributed by atoms with Crippen LogP contribution in [0.5, 0.6) is 0 Å². The molecule has 0 spiro atoms. The number of carbonyl (C=O) groups is 1. The Morgan fingerprint density at radius 2 is 2.22 bits per heavy atom. The first-order chi connectivity index (χ1) is 13.2. The highest BCUT2D eigenvalue weighted by molar-refractivity contribution is 5.94. The van der Waals surface area contributed by atoms with Crippen molar-refractivity contribution < 1.29 is 4.79 Å². The monoisotopic (exact) mass is 365 g/mol. The van der Waals surface area contributed by atoms with E-state index in [0.717, 1.165) is 37.4 Å². The average molecular weight is 365 g/mol. The van der Waals surface area contributed by atoms with Gasteiger partial charge in [0.25, 0.3) is 5.91 Å². The largest absolute Gasteiger partial charge is 0.338 e. The van der Waals surface area contributed by atoms with Gasteiger partial charge in [-0.25, -0.2) is 4.98 Å². The zero-order chi connectivity index (χ0) is 18.8. The van der Waals surface area contributed by atoms with Crippen molar-refractivity contribution in [1.82, 2.24) is 34.7 Å². The maximum absolute atomic E-state index is 13.1. The quantitative estimate of drug-likeness (QED) is 0.708. The van der Waals surface area contributed by atoms with Crippen molar-refractivity contribution in [2.45, 2.75) is 39.2 Å². The zero-order valence-corrected chi connectivity index (χ0v) is 15.6. The van der Waals surface area contributed by atoms with E-state index in [1.54, 1.807) is 4.68 Å². The molecule has 0 saturated carbocycles. The number of piperidine rings is 1. The van der Waals surface area contributed by atoms with E-state index in [9.17, 15) is 4.79 Å². The molecule has 1 amide bonds. The van der Waals surface area contributed by atoms with Crippen LogP contribution in [0, 0.1) is 6.92 Å². The number of imidazole rings is 1. The van der Waals surface area contributed by atoms with Crippen molar-refractivity contribution in [3.05, 3.63) is 53.9 Å². The highest BCUT2D eigenvalue weighted by Crippen LogP contribution is 2.27. The van der Waals surface area contributed by atoms with Gasteiger partial charge in [0, 0.05) is 43.5 Å². The number of likely N-dealkylation sites (tertiary alicyclic amines) is 1. The Hall–Kier alpha value is -3.03. The molecule has 3 heterocycles. The molecule has 4 rings (SSSR count). The summed E-state index contributed by atoms with van der Waals surface area (Å²) in [4.78, 5) is 19.6. The topological polar surface area (TPSA) is 81.7 Å². The molecule has 27 heavy (non-hydrogen) atoms. The third-order valence-electron chi connectivity index (χ3n) is 5.13. The molecular weight excluding hydrogens is 342 g/mol. The molecule has 1 aliphatic rings. The molecule has 0 N–H and O–H groups in total. The summed E-state index contributed by atoms with van der Waals surface area (Å²) in [5.41, 5.74) is 1.44. The summed E-state index contributed by atoms with van der Waals surface area (Å²) in [5, 5.41) is 11.6. The number of aryl methyl sites for hydroxylation is 2. The number of benzene rings is 1. The Balaban J connectivity index is 1.55. The third-order valence-corrected chi connectivity index (χ3v) is 5.13. The van der Waals surface area contributed by atoms with Gasteiger partial charge in [-0.1, -0.05) is 6.07 Å². The van der Waals surface area contributed by atoms with Crippen molar-refractivity contribution in [3.63, 3.8) is 0 Å². The summed E-state index contributed by atoms with van der Waals surface area (Å²) in [6.07, 6.45) is 5.90. The summed E-state index contributed by atoms with van der Waals surface area (Å²) < 4.78 is 3.80. The van der Waals surface area contributed by atoms with Crippen molar-refractivity contribution in [2.24, 2.45) is 0 Å². The van der Waals surface area contributed by atoms with Gasteiger partial charge in [-0.15, -0.1) is 5.10 Å². The fourth-order valence-electron chi connectivity index (χ4n) is 3.74. The number of amides is 1. The fraction of sp³-hybridized carbons (Fsp3) is 0.421. The maximum atomic E-state index is 13.1. The van der Waals surface area contributed by atoms with Crippen LogP contribution < -0.4 is 0 Å². The second-order valence-electron chi connectivity index (χ2n) is 6.85. The smallest absolute Gasteiger partial charge is 0.253 e. The van der Waals surface area contributed by atoms with Crippen molar-refractivity contribution in [1.29, 1.82) is 0 Å². The first kappa shape index (κ1) is 17.4. The molecule has 3 aromatic rings. The molecular formula is C19H23N7O. The van der Waals surface area contributed by atoms with E-state index in [1.165, 1.54) is 0 Å². The minimum atomic E-state index is 0.0434. The van der Waals surface area contributed by atoms with Crippen LogP contribution in [0.2, 0.25) is 0 Å². The lowest BCUT2D eigenvalue weighted by Crippen LogP contribution is -2.39. The molecule has 2 aromatic heterocycles. The van der Waals surface area contributed by atoms with Gasteiger partial charge in [0.2, 0.25) is 0 Å². The predicted octanol–water partition coefficient (Wildman–Crippen LogP) is 2.21. The first-order valence-corrected chi connectivity index (χ1v) is 9.33. The Morgan fingerprint density at radius 3 is 3.00 bits per heavy atom. The van der Waals surface area contributed by atoms with E-state index in [1.807, 2.05) is 48.5 Å². The molecule has 0 aliphatic carbocycles. The second kappa shape index (κ2) is 7.30. The Bertz CT molecular complexity index is 945. The van der Waals surface area contributed by atoms with E-state index < -0.39 is 0 Å². The molecule has 0 bridgehead atoms. The molecule has 1 atom stereocenters. The molecule has 0 radical (unpaired) electrons. The lowest BCUT2D eigenvalue weighted by molar-refractivity contribution is 0.0703. The molecule has 1 fully saturated rings. The van der Waals surface area contributed by atoms with Crippen LogP contribution in [-0.2, 0) is 6.54 Å². The Labute approximate surface area is 157 Å². The highest BCUT2D eigenvalue weighted by Gasteiger charge is 2.28. The van der Waals surface area contributed by atoms with Crippen LogP contribution in [-0.4, -0.2) is 53.7 Å². The number of rotatable bonds is 4. The summed E-state index contributed by atoms with van der Waals surface area (Å²) in [6.45, 7) is 6.32. The highest BCUT2D eigenvalue weighted by atomic mass is 16.2. The average Bonchev–Trinajstić information content (AvgIpc) is 3.36. The van der Waals surface area contributed by atoms with Gasteiger partial charge in [-0.05, 0) is 55.3 Å². The number of tetrazole rings is 1. The first-order valence-electron chi connectivity index (χ1n) is 9.33.